The Morgan fingerprint density at radius 2 is 2.12 bits per heavy atom. The number of rotatable bonds is 6. The molecule has 0 saturated heterocycles. The molecule has 1 aliphatic carbocycles. The molecule has 0 saturated carbocycles. The summed E-state index contributed by atoms with van der Waals surface area (Å²) in [5, 5.41) is 3.21. The average molecular weight is 417 g/mol. The maximum Gasteiger partial charge on any atom is 0.234 e. The zero-order valence-electron chi connectivity index (χ0n) is 15.3. The molecule has 2 aromatic carbocycles. The van der Waals surface area contributed by atoms with Crippen molar-refractivity contribution in [3.63, 3.8) is 0 Å². The van der Waals surface area contributed by atoms with Crippen LogP contribution in [0.2, 0.25) is 0 Å². The van der Waals surface area contributed by atoms with Crippen molar-refractivity contribution in [2.75, 3.05) is 20.7 Å². The number of benzene rings is 2. The number of ether oxygens (including phenoxy) is 1. The van der Waals surface area contributed by atoms with E-state index in [-0.39, 0.29) is 11.9 Å². The van der Waals surface area contributed by atoms with Gasteiger partial charge in [0.15, 0.2) is 0 Å². The van der Waals surface area contributed by atoms with Gasteiger partial charge in [0.1, 0.15) is 5.75 Å². The van der Waals surface area contributed by atoms with Crippen LogP contribution in [0.3, 0.4) is 0 Å². The fourth-order valence-electron chi connectivity index (χ4n) is 3.61. The lowest BCUT2D eigenvalue weighted by molar-refractivity contribution is -0.122. The first-order valence-corrected chi connectivity index (χ1v) is 9.74. The van der Waals surface area contributed by atoms with Gasteiger partial charge in [0.25, 0.3) is 0 Å². The number of aryl methyl sites for hydroxylation is 1. The summed E-state index contributed by atoms with van der Waals surface area (Å²) >= 11 is 3.49. The Morgan fingerprint density at radius 1 is 1.31 bits per heavy atom. The molecular formula is C21H25BrN2O2. The van der Waals surface area contributed by atoms with E-state index in [0.717, 1.165) is 35.0 Å². The monoisotopic (exact) mass is 416 g/mol. The van der Waals surface area contributed by atoms with Gasteiger partial charge in [-0.1, -0.05) is 40.2 Å². The van der Waals surface area contributed by atoms with Crippen molar-refractivity contribution in [3.05, 3.63) is 63.6 Å². The van der Waals surface area contributed by atoms with Crippen LogP contribution >= 0.6 is 15.9 Å². The summed E-state index contributed by atoms with van der Waals surface area (Å²) < 4.78 is 6.42. The number of hydrogen-bond acceptors (Lipinski definition) is 3. The Labute approximate surface area is 163 Å². The number of nitrogens with zero attached hydrogens (tertiary/aromatic N) is 1. The lowest BCUT2D eigenvalue weighted by atomic mass is 9.88. The zero-order chi connectivity index (χ0) is 18.5. The van der Waals surface area contributed by atoms with Crippen LogP contribution < -0.4 is 10.1 Å². The van der Waals surface area contributed by atoms with Gasteiger partial charge in [0.2, 0.25) is 5.91 Å². The van der Waals surface area contributed by atoms with E-state index >= 15 is 0 Å². The highest BCUT2D eigenvalue weighted by Gasteiger charge is 2.21. The summed E-state index contributed by atoms with van der Waals surface area (Å²) in [5.41, 5.74) is 3.68. The number of carbonyl (C=O) groups excluding carboxylic acids is 1. The molecule has 0 aliphatic heterocycles. The third kappa shape index (κ3) is 4.65. The first-order valence-electron chi connectivity index (χ1n) is 8.95. The Kier molecular flexibility index (Phi) is 6.33. The maximum absolute atomic E-state index is 12.5. The third-order valence-corrected chi connectivity index (χ3v) is 5.29. The Balaban J connectivity index is 1.60. The van der Waals surface area contributed by atoms with Gasteiger partial charge < -0.3 is 10.1 Å². The molecule has 0 bridgehead atoms. The quantitative estimate of drug-likeness (QED) is 0.770. The lowest BCUT2D eigenvalue weighted by Gasteiger charge is -2.27. The van der Waals surface area contributed by atoms with Crippen molar-refractivity contribution in [1.82, 2.24) is 10.2 Å². The van der Waals surface area contributed by atoms with E-state index in [1.807, 2.05) is 30.1 Å². The highest BCUT2D eigenvalue weighted by Crippen LogP contribution is 2.29. The fraction of sp³-hybridized carbons (Fsp3) is 0.381. The van der Waals surface area contributed by atoms with E-state index in [0.29, 0.717) is 13.1 Å². The molecule has 0 fully saturated rings. The Hall–Kier alpha value is -1.85. The van der Waals surface area contributed by atoms with Crippen LogP contribution in [0.1, 0.15) is 35.6 Å². The molecule has 1 amide bonds. The highest BCUT2D eigenvalue weighted by atomic mass is 79.9. The smallest absolute Gasteiger partial charge is 0.234 e. The van der Waals surface area contributed by atoms with Crippen LogP contribution in [0.5, 0.6) is 5.75 Å². The van der Waals surface area contributed by atoms with Crippen molar-refractivity contribution in [2.24, 2.45) is 0 Å². The second-order valence-corrected chi connectivity index (χ2v) is 7.76. The lowest BCUT2D eigenvalue weighted by Crippen LogP contribution is -2.38. The van der Waals surface area contributed by atoms with Gasteiger partial charge in [-0.25, -0.2) is 0 Å². The number of amides is 1. The van der Waals surface area contributed by atoms with E-state index in [1.165, 1.54) is 11.1 Å². The molecular weight excluding hydrogens is 392 g/mol. The number of likely N-dealkylation sites (N-methyl/N-ethyl adjacent to an activating group) is 1. The summed E-state index contributed by atoms with van der Waals surface area (Å²) in [6, 6.07) is 14.5. The first-order chi connectivity index (χ1) is 12.6. The van der Waals surface area contributed by atoms with E-state index in [2.05, 4.69) is 45.5 Å². The van der Waals surface area contributed by atoms with Gasteiger partial charge in [-0.05, 0) is 55.6 Å². The number of fused-ring (bicyclic) bond motifs is 1. The molecule has 1 aliphatic rings. The topological polar surface area (TPSA) is 41.6 Å². The predicted octanol–water partition coefficient (Wildman–Crippen LogP) is 4.08. The molecule has 4 nitrogen and oxygen atoms in total. The van der Waals surface area contributed by atoms with Gasteiger partial charge in [-0.2, -0.15) is 0 Å². The van der Waals surface area contributed by atoms with Crippen molar-refractivity contribution >= 4 is 21.8 Å². The molecule has 3 rings (SSSR count). The molecule has 0 aromatic heterocycles. The zero-order valence-corrected chi connectivity index (χ0v) is 16.9. The van der Waals surface area contributed by atoms with Crippen LogP contribution in [-0.4, -0.2) is 31.5 Å². The average Bonchev–Trinajstić information content (AvgIpc) is 2.62. The molecule has 5 heteroatoms. The summed E-state index contributed by atoms with van der Waals surface area (Å²) in [4.78, 5) is 14.6. The number of methoxy groups -OCH3 is 1. The SMILES string of the molecule is COc1ccc(Br)cc1CN(C)CC(=O)N[C@@H]1CCCc2ccccc21. The van der Waals surface area contributed by atoms with Crippen molar-refractivity contribution in [1.29, 1.82) is 0 Å². The number of carbonyl (C=O) groups is 1. The minimum absolute atomic E-state index is 0.0585. The van der Waals surface area contributed by atoms with Crippen LogP contribution in [0, 0.1) is 0 Å². The number of halogens is 1. The molecule has 1 N–H and O–H groups in total. The van der Waals surface area contributed by atoms with E-state index in [4.69, 9.17) is 4.74 Å². The molecule has 26 heavy (non-hydrogen) atoms. The van der Waals surface area contributed by atoms with Gasteiger partial charge in [-0.3, -0.25) is 9.69 Å². The standard InChI is InChI=1S/C21H25BrN2O2/c1-24(13-16-12-17(22)10-11-20(16)26-2)14-21(25)23-19-9-5-7-15-6-3-4-8-18(15)19/h3-4,6,8,10-12,19H,5,7,9,13-14H2,1-2H3,(H,23,25)/t19-/m1/s1. The molecule has 0 radical (unpaired) electrons. The Bertz CT molecular complexity index is 778. The fourth-order valence-corrected chi connectivity index (χ4v) is 4.01. The van der Waals surface area contributed by atoms with Gasteiger partial charge in [0, 0.05) is 16.6 Å². The van der Waals surface area contributed by atoms with Crippen LogP contribution in [0.15, 0.2) is 46.9 Å². The third-order valence-electron chi connectivity index (χ3n) is 4.80. The summed E-state index contributed by atoms with van der Waals surface area (Å²) in [7, 11) is 3.62. The van der Waals surface area contributed by atoms with Gasteiger partial charge >= 0.3 is 0 Å². The number of hydrogen-bond donors (Lipinski definition) is 1. The van der Waals surface area contributed by atoms with Crippen molar-refractivity contribution in [2.45, 2.75) is 31.8 Å². The molecule has 1 atom stereocenters. The van der Waals surface area contributed by atoms with E-state index in [9.17, 15) is 4.79 Å². The first kappa shape index (κ1) is 18.9. The van der Waals surface area contributed by atoms with E-state index in [1.54, 1.807) is 7.11 Å². The largest absolute Gasteiger partial charge is 0.496 e. The van der Waals surface area contributed by atoms with Gasteiger partial charge in [-0.15, -0.1) is 0 Å². The molecule has 0 spiro atoms. The maximum atomic E-state index is 12.5. The van der Waals surface area contributed by atoms with Crippen molar-refractivity contribution < 1.29 is 9.53 Å². The van der Waals surface area contributed by atoms with E-state index < -0.39 is 0 Å². The Morgan fingerprint density at radius 3 is 2.92 bits per heavy atom. The van der Waals surface area contributed by atoms with Crippen LogP contribution in [-0.2, 0) is 17.8 Å². The molecule has 138 valence electrons. The molecule has 0 unspecified atom stereocenters. The second kappa shape index (κ2) is 8.69. The minimum atomic E-state index is 0.0585. The van der Waals surface area contributed by atoms with Crippen LogP contribution in [0.4, 0.5) is 0 Å². The predicted molar refractivity (Wildman–Crippen MR) is 107 cm³/mol. The van der Waals surface area contributed by atoms with Crippen LogP contribution in [0.25, 0.3) is 0 Å². The molecule has 0 heterocycles. The van der Waals surface area contributed by atoms with Gasteiger partial charge in [0.05, 0.1) is 19.7 Å². The summed E-state index contributed by atoms with van der Waals surface area (Å²) in [6.45, 7) is 1.01. The second-order valence-electron chi connectivity index (χ2n) is 6.84. The van der Waals surface area contributed by atoms with Crippen molar-refractivity contribution in [3.8, 4) is 5.75 Å². The summed E-state index contributed by atoms with van der Waals surface area (Å²) in [5.74, 6) is 0.893. The number of nitrogens with one attached hydrogen (secondary N) is 1. The normalized spacial score (nSPS) is 16.2. The molecule has 2 aromatic rings. The summed E-state index contributed by atoms with van der Waals surface area (Å²) in [6.07, 6.45) is 3.23. The highest BCUT2D eigenvalue weighted by molar-refractivity contribution is 9.10. The minimum Gasteiger partial charge on any atom is -0.496 e.